The molecule has 0 radical (unpaired) electrons. The van der Waals surface area contributed by atoms with Crippen LogP contribution in [0.15, 0.2) is 64.1 Å². The summed E-state index contributed by atoms with van der Waals surface area (Å²) in [6, 6.07) is 10.3. The third kappa shape index (κ3) is 2.99. The van der Waals surface area contributed by atoms with Crippen molar-refractivity contribution in [3.63, 3.8) is 0 Å². The number of imidazole rings is 1. The number of aromatic nitrogens is 3. The van der Waals surface area contributed by atoms with E-state index in [1.54, 1.807) is 6.20 Å². The fraction of sp³-hybridized carbons (Fsp3) is 0.0667. The summed E-state index contributed by atoms with van der Waals surface area (Å²) in [6.07, 6.45) is 7.39. The van der Waals surface area contributed by atoms with Crippen LogP contribution < -0.4 is 0 Å². The largest absolute Gasteiger partial charge is 0.327 e. The van der Waals surface area contributed by atoms with Gasteiger partial charge in [0, 0.05) is 45.8 Å². The number of hydrogen-bond acceptors (Lipinski definition) is 2. The Bertz CT molecular complexity index is 720. The molecule has 0 spiro atoms. The van der Waals surface area contributed by atoms with Crippen molar-refractivity contribution >= 4 is 31.9 Å². The molecule has 2 heterocycles. The van der Waals surface area contributed by atoms with E-state index < -0.39 is 0 Å². The van der Waals surface area contributed by atoms with Gasteiger partial charge < -0.3 is 4.57 Å². The van der Waals surface area contributed by atoms with E-state index in [-0.39, 0.29) is 0 Å². The summed E-state index contributed by atoms with van der Waals surface area (Å²) in [5.41, 5.74) is 2.23. The SMILES string of the molecule is Brc1ccc(Cn2ccnc2-c2cncc(Br)c2)cc1. The molecule has 1 aromatic carbocycles. The smallest absolute Gasteiger partial charge is 0.141 e. The van der Waals surface area contributed by atoms with Crippen LogP contribution in [0.2, 0.25) is 0 Å². The Kier molecular flexibility index (Phi) is 3.98. The van der Waals surface area contributed by atoms with Crippen molar-refractivity contribution < 1.29 is 0 Å². The van der Waals surface area contributed by atoms with Gasteiger partial charge in [-0.1, -0.05) is 28.1 Å². The molecule has 0 aliphatic carbocycles. The molecule has 0 saturated carbocycles. The van der Waals surface area contributed by atoms with Gasteiger partial charge in [0.05, 0.1) is 0 Å². The minimum atomic E-state index is 0.787. The van der Waals surface area contributed by atoms with Crippen molar-refractivity contribution in [2.75, 3.05) is 0 Å². The summed E-state index contributed by atoms with van der Waals surface area (Å²) in [4.78, 5) is 8.63. The molecule has 3 rings (SSSR count). The Balaban J connectivity index is 1.92. The Morgan fingerprint density at radius 1 is 1.00 bits per heavy atom. The van der Waals surface area contributed by atoms with Gasteiger partial charge in [-0.2, -0.15) is 0 Å². The normalized spacial score (nSPS) is 10.7. The fourth-order valence-electron chi connectivity index (χ4n) is 2.02. The maximum atomic E-state index is 4.43. The zero-order valence-corrected chi connectivity index (χ0v) is 13.7. The van der Waals surface area contributed by atoms with Crippen LogP contribution in [0.3, 0.4) is 0 Å². The second-order valence-corrected chi connectivity index (χ2v) is 6.23. The van der Waals surface area contributed by atoms with E-state index in [2.05, 4.69) is 58.5 Å². The van der Waals surface area contributed by atoms with Crippen molar-refractivity contribution in [1.82, 2.24) is 14.5 Å². The molecule has 100 valence electrons. The lowest BCUT2D eigenvalue weighted by Crippen LogP contribution is -2.01. The van der Waals surface area contributed by atoms with E-state index >= 15 is 0 Å². The lowest BCUT2D eigenvalue weighted by molar-refractivity contribution is 0.806. The summed E-state index contributed by atoms with van der Waals surface area (Å²) < 4.78 is 4.16. The molecule has 0 aliphatic heterocycles. The first-order valence-electron chi connectivity index (χ1n) is 6.09. The maximum Gasteiger partial charge on any atom is 0.141 e. The van der Waals surface area contributed by atoms with E-state index in [0.717, 1.165) is 26.9 Å². The number of pyridine rings is 1. The average Bonchev–Trinajstić information content (AvgIpc) is 2.89. The zero-order chi connectivity index (χ0) is 13.9. The molecule has 3 nitrogen and oxygen atoms in total. The first-order valence-corrected chi connectivity index (χ1v) is 7.67. The summed E-state index contributed by atoms with van der Waals surface area (Å²) in [7, 11) is 0. The van der Waals surface area contributed by atoms with Crippen molar-refractivity contribution in [2.24, 2.45) is 0 Å². The predicted molar refractivity (Wildman–Crippen MR) is 86.4 cm³/mol. The number of benzene rings is 1. The topological polar surface area (TPSA) is 30.7 Å². The van der Waals surface area contributed by atoms with Gasteiger partial charge in [-0.3, -0.25) is 4.98 Å². The third-order valence-electron chi connectivity index (χ3n) is 2.94. The minimum Gasteiger partial charge on any atom is -0.327 e. The monoisotopic (exact) mass is 391 g/mol. The van der Waals surface area contributed by atoms with Crippen LogP contribution in [-0.2, 0) is 6.54 Å². The molecule has 0 atom stereocenters. The summed E-state index contributed by atoms with van der Waals surface area (Å²) in [6.45, 7) is 0.787. The fourth-order valence-corrected chi connectivity index (χ4v) is 2.65. The molecule has 0 unspecified atom stereocenters. The number of rotatable bonds is 3. The highest BCUT2D eigenvalue weighted by Crippen LogP contribution is 2.21. The summed E-state index contributed by atoms with van der Waals surface area (Å²) >= 11 is 6.89. The van der Waals surface area contributed by atoms with Crippen molar-refractivity contribution in [3.05, 3.63) is 69.6 Å². The highest BCUT2D eigenvalue weighted by Gasteiger charge is 2.07. The molecule has 0 aliphatic rings. The van der Waals surface area contributed by atoms with Gasteiger partial charge in [0.2, 0.25) is 0 Å². The average molecular weight is 393 g/mol. The van der Waals surface area contributed by atoms with Gasteiger partial charge in [-0.25, -0.2) is 4.98 Å². The van der Waals surface area contributed by atoms with Crippen molar-refractivity contribution in [1.29, 1.82) is 0 Å². The lowest BCUT2D eigenvalue weighted by Gasteiger charge is -2.08. The molecule has 5 heteroatoms. The molecule has 0 fully saturated rings. The van der Waals surface area contributed by atoms with Gasteiger partial charge in [-0.15, -0.1) is 0 Å². The molecule has 0 N–H and O–H groups in total. The third-order valence-corrected chi connectivity index (χ3v) is 3.91. The molecular weight excluding hydrogens is 382 g/mol. The number of hydrogen-bond donors (Lipinski definition) is 0. The number of halogens is 2. The standard InChI is InChI=1S/C15H11Br2N3/c16-13-3-1-11(2-4-13)10-20-6-5-19-15(20)12-7-14(17)9-18-8-12/h1-9H,10H2. The van der Waals surface area contributed by atoms with E-state index in [0.29, 0.717) is 0 Å². The highest BCUT2D eigenvalue weighted by molar-refractivity contribution is 9.10. The molecular formula is C15H11Br2N3. The Labute approximate surface area is 134 Å². The summed E-state index contributed by atoms with van der Waals surface area (Å²) in [5, 5.41) is 0. The maximum absolute atomic E-state index is 4.43. The van der Waals surface area contributed by atoms with Gasteiger partial charge in [0.15, 0.2) is 0 Å². The van der Waals surface area contributed by atoms with Crippen LogP contribution in [0.25, 0.3) is 11.4 Å². The zero-order valence-electron chi connectivity index (χ0n) is 10.5. The number of nitrogens with zero attached hydrogens (tertiary/aromatic N) is 3. The predicted octanol–water partition coefficient (Wildman–Crippen LogP) is 4.52. The van der Waals surface area contributed by atoms with E-state index in [9.17, 15) is 0 Å². The van der Waals surface area contributed by atoms with Gasteiger partial charge >= 0.3 is 0 Å². The van der Waals surface area contributed by atoms with Gasteiger partial charge in [0.25, 0.3) is 0 Å². The van der Waals surface area contributed by atoms with Crippen LogP contribution in [0.5, 0.6) is 0 Å². The Hall–Kier alpha value is -1.46. The van der Waals surface area contributed by atoms with E-state index in [1.165, 1.54) is 5.56 Å². The first kappa shape index (κ1) is 13.5. The van der Waals surface area contributed by atoms with Crippen molar-refractivity contribution in [3.8, 4) is 11.4 Å². The first-order chi connectivity index (χ1) is 9.72. The highest BCUT2D eigenvalue weighted by atomic mass is 79.9. The van der Waals surface area contributed by atoms with Crippen LogP contribution in [-0.4, -0.2) is 14.5 Å². The Morgan fingerprint density at radius 3 is 2.55 bits per heavy atom. The van der Waals surface area contributed by atoms with E-state index in [1.807, 2.05) is 36.8 Å². The molecule has 2 aromatic heterocycles. The van der Waals surface area contributed by atoms with Gasteiger partial charge in [0.1, 0.15) is 5.82 Å². The van der Waals surface area contributed by atoms with Crippen molar-refractivity contribution in [2.45, 2.75) is 6.54 Å². The molecule has 0 amide bonds. The molecule has 0 bridgehead atoms. The molecule has 3 aromatic rings. The second kappa shape index (κ2) is 5.89. The quantitative estimate of drug-likeness (QED) is 0.656. The molecule has 20 heavy (non-hydrogen) atoms. The lowest BCUT2D eigenvalue weighted by atomic mass is 10.2. The molecule has 0 saturated heterocycles. The van der Waals surface area contributed by atoms with Crippen LogP contribution in [0, 0.1) is 0 Å². The van der Waals surface area contributed by atoms with E-state index in [4.69, 9.17) is 0 Å². The second-order valence-electron chi connectivity index (χ2n) is 4.40. The summed E-state index contributed by atoms with van der Waals surface area (Å²) in [5.74, 6) is 0.918. The van der Waals surface area contributed by atoms with Crippen LogP contribution in [0.4, 0.5) is 0 Å². The Morgan fingerprint density at radius 2 is 1.80 bits per heavy atom. The van der Waals surface area contributed by atoms with Crippen LogP contribution >= 0.6 is 31.9 Å². The van der Waals surface area contributed by atoms with Crippen LogP contribution in [0.1, 0.15) is 5.56 Å². The minimum absolute atomic E-state index is 0.787. The van der Waals surface area contributed by atoms with Gasteiger partial charge in [-0.05, 0) is 39.7 Å².